The molecule has 20 heavy (non-hydrogen) atoms. The third kappa shape index (κ3) is 3.45. The minimum Gasteiger partial charge on any atom is -0.346 e. The summed E-state index contributed by atoms with van der Waals surface area (Å²) in [5.41, 5.74) is 0.809. The normalized spacial score (nSPS) is 10.3. The highest BCUT2D eigenvalue weighted by Crippen LogP contribution is 2.16. The standard InChI is InChI=1S/C13H14N4O2S/c1-8-16-9(6-11(18)17-8)7-15-12(19)10-4-3-5-14-13(10)20-2/h3-6H,7H2,1-2H3,(H,15,19)(H,16,17,18). The molecular formula is C13H14N4O2S. The molecule has 2 aromatic heterocycles. The second-order valence-electron chi connectivity index (χ2n) is 4.07. The van der Waals surface area contributed by atoms with Gasteiger partial charge in [-0.25, -0.2) is 9.97 Å². The number of rotatable bonds is 4. The highest BCUT2D eigenvalue weighted by molar-refractivity contribution is 7.98. The van der Waals surface area contributed by atoms with Crippen LogP contribution in [0.25, 0.3) is 0 Å². The summed E-state index contributed by atoms with van der Waals surface area (Å²) in [6.45, 7) is 1.89. The molecule has 0 aliphatic heterocycles. The Balaban J connectivity index is 2.10. The Morgan fingerprint density at radius 1 is 1.50 bits per heavy atom. The van der Waals surface area contributed by atoms with E-state index in [-0.39, 0.29) is 18.0 Å². The largest absolute Gasteiger partial charge is 0.346 e. The number of nitrogens with one attached hydrogen (secondary N) is 2. The molecule has 0 unspecified atom stereocenters. The van der Waals surface area contributed by atoms with Crippen LogP contribution >= 0.6 is 11.8 Å². The topological polar surface area (TPSA) is 87.7 Å². The van der Waals surface area contributed by atoms with E-state index in [4.69, 9.17) is 0 Å². The van der Waals surface area contributed by atoms with E-state index in [1.54, 1.807) is 25.3 Å². The van der Waals surface area contributed by atoms with Gasteiger partial charge in [-0.2, -0.15) is 0 Å². The number of aromatic amines is 1. The molecule has 6 nitrogen and oxygen atoms in total. The first kappa shape index (κ1) is 14.3. The quantitative estimate of drug-likeness (QED) is 0.824. The van der Waals surface area contributed by atoms with Crippen LogP contribution in [0.2, 0.25) is 0 Å². The van der Waals surface area contributed by atoms with E-state index in [9.17, 15) is 9.59 Å². The molecule has 0 radical (unpaired) electrons. The highest BCUT2D eigenvalue weighted by Gasteiger charge is 2.11. The van der Waals surface area contributed by atoms with Gasteiger partial charge >= 0.3 is 0 Å². The van der Waals surface area contributed by atoms with Crippen molar-refractivity contribution < 1.29 is 4.79 Å². The number of carbonyl (C=O) groups is 1. The summed E-state index contributed by atoms with van der Waals surface area (Å²) in [5, 5.41) is 3.40. The van der Waals surface area contributed by atoms with E-state index in [1.807, 2.05) is 6.26 Å². The summed E-state index contributed by atoms with van der Waals surface area (Å²) in [4.78, 5) is 34.2. The molecule has 0 saturated heterocycles. The Morgan fingerprint density at radius 3 is 3.00 bits per heavy atom. The van der Waals surface area contributed by atoms with Gasteiger partial charge in [-0.1, -0.05) is 0 Å². The molecule has 2 aromatic rings. The fraction of sp³-hybridized carbons (Fsp3) is 0.231. The van der Waals surface area contributed by atoms with Crippen LogP contribution in [0.4, 0.5) is 0 Å². The zero-order chi connectivity index (χ0) is 14.5. The Kier molecular flexibility index (Phi) is 4.52. The maximum atomic E-state index is 12.1. The summed E-state index contributed by atoms with van der Waals surface area (Å²) in [6.07, 6.45) is 3.50. The SMILES string of the molecule is CSc1ncccc1C(=O)NCc1cc(=O)[nH]c(C)n1. The van der Waals surface area contributed by atoms with Crippen LogP contribution in [-0.4, -0.2) is 27.1 Å². The fourth-order valence-electron chi connectivity index (χ4n) is 1.72. The van der Waals surface area contributed by atoms with Crippen LogP contribution in [0.3, 0.4) is 0 Å². The number of aryl methyl sites for hydroxylation is 1. The molecule has 0 spiro atoms. The summed E-state index contributed by atoms with van der Waals surface area (Å²) in [5.74, 6) is 0.287. The van der Waals surface area contributed by atoms with Gasteiger partial charge in [-0.05, 0) is 25.3 Å². The lowest BCUT2D eigenvalue weighted by molar-refractivity contribution is 0.0946. The minimum absolute atomic E-state index is 0.201. The Morgan fingerprint density at radius 2 is 2.30 bits per heavy atom. The molecule has 2 heterocycles. The van der Waals surface area contributed by atoms with Crippen LogP contribution in [-0.2, 0) is 6.54 Å². The van der Waals surface area contributed by atoms with E-state index in [0.29, 0.717) is 22.1 Å². The van der Waals surface area contributed by atoms with E-state index < -0.39 is 0 Å². The summed E-state index contributed by atoms with van der Waals surface area (Å²) in [7, 11) is 0. The molecule has 0 saturated carbocycles. The molecule has 0 aliphatic carbocycles. The average molecular weight is 290 g/mol. The van der Waals surface area contributed by atoms with E-state index >= 15 is 0 Å². The van der Waals surface area contributed by atoms with Crippen molar-refractivity contribution in [2.24, 2.45) is 0 Å². The zero-order valence-corrected chi connectivity index (χ0v) is 12.0. The molecular weight excluding hydrogens is 276 g/mol. The number of carbonyl (C=O) groups excluding carboxylic acids is 1. The number of amides is 1. The Bertz CT molecular complexity index is 684. The predicted octanol–water partition coefficient (Wildman–Crippen LogP) is 1.13. The maximum Gasteiger partial charge on any atom is 0.254 e. The van der Waals surface area contributed by atoms with Gasteiger partial charge in [0.25, 0.3) is 11.5 Å². The van der Waals surface area contributed by atoms with Gasteiger partial charge in [-0.3, -0.25) is 9.59 Å². The first-order chi connectivity index (χ1) is 9.60. The van der Waals surface area contributed by atoms with E-state index in [2.05, 4.69) is 20.3 Å². The van der Waals surface area contributed by atoms with Crippen LogP contribution < -0.4 is 10.9 Å². The number of thioether (sulfide) groups is 1. The fourth-order valence-corrected chi connectivity index (χ4v) is 2.27. The second-order valence-corrected chi connectivity index (χ2v) is 4.86. The first-order valence-electron chi connectivity index (χ1n) is 5.94. The zero-order valence-electron chi connectivity index (χ0n) is 11.1. The van der Waals surface area contributed by atoms with Crippen molar-refractivity contribution in [1.29, 1.82) is 0 Å². The lowest BCUT2D eigenvalue weighted by Crippen LogP contribution is -2.25. The van der Waals surface area contributed by atoms with Crippen molar-refractivity contribution in [3.8, 4) is 0 Å². The van der Waals surface area contributed by atoms with Crippen molar-refractivity contribution in [1.82, 2.24) is 20.3 Å². The molecule has 2 N–H and O–H groups in total. The van der Waals surface area contributed by atoms with Gasteiger partial charge in [0.1, 0.15) is 10.9 Å². The number of nitrogens with zero attached hydrogens (tertiary/aromatic N) is 2. The van der Waals surface area contributed by atoms with Crippen molar-refractivity contribution in [2.75, 3.05) is 6.26 Å². The predicted molar refractivity (Wildman–Crippen MR) is 76.8 cm³/mol. The van der Waals surface area contributed by atoms with Crippen LogP contribution in [0, 0.1) is 6.92 Å². The van der Waals surface area contributed by atoms with Crippen LogP contribution in [0.5, 0.6) is 0 Å². The summed E-state index contributed by atoms with van der Waals surface area (Å²) < 4.78 is 0. The Labute approximate surface area is 120 Å². The Hall–Kier alpha value is -2.15. The lowest BCUT2D eigenvalue weighted by Gasteiger charge is -2.07. The number of pyridine rings is 1. The van der Waals surface area contributed by atoms with Crippen molar-refractivity contribution in [3.63, 3.8) is 0 Å². The van der Waals surface area contributed by atoms with E-state index in [1.165, 1.54) is 17.8 Å². The first-order valence-corrected chi connectivity index (χ1v) is 7.16. The molecule has 7 heteroatoms. The third-order valence-corrected chi connectivity index (χ3v) is 3.26. The summed E-state index contributed by atoms with van der Waals surface area (Å²) in [6, 6.07) is 4.79. The molecule has 0 fully saturated rings. The van der Waals surface area contributed by atoms with Gasteiger partial charge in [0, 0.05) is 12.3 Å². The minimum atomic E-state index is -0.234. The van der Waals surface area contributed by atoms with Crippen LogP contribution in [0.15, 0.2) is 34.2 Å². The second kappa shape index (κ2) is 6.33. The van der Waals surface area contributed by atoms with E-state index in [0.717, 1.165) is 0 Å². The van der Waals surface area contributed by atoms with Gasteiger partial charge in [-0.15, -0.1) is 11.8 Å². The van der Waals surface area contributed by atoms with Gasteiger partial charge < -0.3 is 10.3 Å². The monoisotopic (exact) mass is 290 g/mol. The molecule has 0 aliphatic rings. The molecule has 2 rings (SSSR count). The molecule has 0 bridgehead atoms. The molecule has 0 aromatic carbocycles. The number of hydrogen-bond acceptors (Lipinski definition) is 5. The number of H-pyrrole nitrogens is 1. The van der Waals surface area contributed by atoms with Crippen molar-refractivity contribution >= 4 is 17.7 Å². The van der Waals surface area contributed by atoms with Gasteiger partial charge in [0.15, 0.2) is 0 Å². The molecule has 0 atom stereocenters. The summed E-state index contributed by atoms with van der Waals surface area (Å²) >= 11 is 1.41. The smallest absolute Gasteiger partial charge is 0.254 e. The molecule has 1 amide bonds. The van der Waals surface area contributed by atoms with Crippen molar-refractivity contribution in [3.05, 3.63) is 51.8 Å². The number of hydrogen-bond donors (Lipinski definition) is 2. The number of aromatic nitrogens is 3. The average Bonchev–Trinajstić information content (AvgIpc) is 2.43. The third-order valence-electron chi connectivity index (χ3n) is 2.55. The highest BCUT2D eigenvalue weighted by atomic mass is 32.2. The van der Waals surface area contributed by atoms with Crippen LogP contribution in [0.1, 0.15) is 21.9 Å². The van der Waals surface area contributed by atoms with Gasteiger partial charge in [0.05, 0.1) is 17.8 Å². The lowest BCUT2D eigenvalue weighted by atomic mass is 10.2. The van der Waals surface area contributed by atoms with Gasteiger partial charge in [0.2, 0.25) is 0 Å². The maximum absolute atomic E-state index is 12.1. The van der Waals surface area contributed by atoms with Crippen molar-refractivity contribution in [2.45, 2.75) is 18.5 Å². The molecule has 104 valence electrons.